The van der Waals surface area contributed by atoms with Crippen molar-refractivity contribution in [1.82, 2.24) is 4.90 Å². The number of hydrogen-bond donors (Lipinski definition) is 1. The van der Waals surface area contributed by atoms with Crippen molar-refractivity contribution in [3.8, 4) is 0 Å². The van der Waals surface area contributed by atoms with Gasteiger partial charge in [-0.25, -0.2) is 4.79 Å². The molecule has 5 heteroatoms. The molecule has 0 radical (unpaired) electrons. The number of nitrogens with zero attached hydrogens (tertiary/aromatic N) is 1. The van der Waals surface area contributed by atoms with Gasteiger partial charge >= 0.3 is 12.0 Å². The average Bonchev–Trinajstić information content (AvgIpc) is 2.73. The second-order valence-electron chi connectivity index (χ2n) is 7.12. The highest BCUT2D eigenvalue weighted by atomic mass is 16.5. The Kier molecular flexibility index (Phi) is 7.06. The second-order valence-corrected chi connectivity index (χ2v) is 7.12. The number of anilines is 1. The van der Waals surface area contributed by atoms with E-state index in [9.17, 15) is 9.59 Å². The average molecular weight is 380 g/mol. The molecule has 5 nitrogen and oxygen atoms in total. The first-order valence-electron chi connectivity index (χ1n) is 10.0. The molecule has 1 N–H and O–H groups in total. The zero-order chi connectivity index (χ0) is 19.8. The topological polar surface area (TPSA) is 58.6 Å². The van der Waals surface area contributed by atoms with Crippen molar-refractivity contribution in [3.05, 3.63) is 66.2 Å². The second kappa shape index (κ2) is 9.93. The zero-order valence-corrected chi connectivity index (χ0v) is 16.3. The first-order valence-corrected chi connectivity index (χ1v) is 10.0. The van der Waals surface area contributed by atoms with Crippen molar-refractivity contribution in [2.75, 3.05) is 11.9 Å². The standard InChI is InChI=1S/C23H28N2O3/c1-2-28-22(26)20-15-9-10-16-21(20)25(17-18-11-5-3-6-12-18)23(27)24-19-13-7-4-8-14-19/h3-8,11-14,20-21H,2,9-10,15-17H2,1H3,(H,24,27)/t20-,21+/m0/s1. The van der Waals surface area contributed by atoms with Gasteiger partial charge in [0.05, 0.1) is 12.5 Å². The van der Waals surface area contributed by atoms with Crippen molar-refractivity contribution in [2.45, 2.75) is 45.2 Å². The normalized spacial score (nSPS) is 18.9. The molecular weight excluding hydrogens is 352 g/mol. The fraction of sp³-hybridized carbons (Fsp3) is 0.391. The zero-order valence-electron chi connectivity index (χ0n) is 16.3. The van der Waals surface area contributed by atoms with Crippen LogP contribution in [0.25, 0.3) is 0 Å². The van der Waals surface area contributed by atoms with E-state index in [1.165, 1.54) is 0 Å². The van der Waals surface area contributed by atoms with Crippen molar-refractivity contribution < 1.29 is 14.3 Å². The van der Waals surface area contributed by atoms with Crippen LogP contribution in [0.4, 0.5) is 10.5 Å². The van der Waals surface area contributed by atoms with Gasteiger partial charge in [0.2, 0.25) is 0 Å². The van der Waals surface area contributed by atoms with Crippen LogP contribution in [0.15, 0.2) is 60.7 Å². The monoisotopic (exact) mass is 380 g/mol. The van der Waals surface area contributed by atoms with Crippen LogP contribution in [0, 0.1) is 5.92 Å². The van der Waals surface area contributed by atoms with Gasteiger partial charge in [-0.3, -0.25) is 4.79 Å². The molecule has 2 amide bonds. The van der Waals surface area contributed by atoms with Crippen molar-refractivity contribution in [3.63, 3.8) is 0 Å². The van der Waals surface area contributed by atoms with E-state index in [2.05, 4.69) is 5.32 Å². The quantitative estimate of drug-likeness (QED) is 0.729. The Morgan fingerprint density at radius 1 is 1.00 bits per heavy atom. The van der Waals surface area contributed by atoms with Gasteiger partial charge in [-0.2, -0.15) is 0 Å². The minimum absolute atomic E-state index is 0.170. The fourth-order valence-corrected chi connectivity index (χ4v) is 3.85. The Hall–Kier alpha value is -2.82. The molecule has 0 heterocycles. The van der Waals surface area contributed by atoms with Crippen LogP contribution in [-0.4, -0.2) is 29.5 Å². The Morgan fingerprint density at radius 2 is 1.64 bits per heavy atom. The van der Waals surface area contributed by atoms with Gasteiger partial charge in [0.1, 0.15) is 0 Å². The smallest absolute Gasteiger partial charge is 0.322 e. The SMILES string of the molecule is CCOC(=O)[C@H]1CCCC[C@H]1N(Cc1ccccc1)C(=O)Nc1ccccc1. The molecule has 1 aliphatic carbocycles. The summed E-state index contributed by atoms with van der Waals surface area (Å²) in [4.78, 5) is 27.6. The number of carbonyl (C=O) groups is 2. The van der Waals surface area contributed by atoms with Gasteiger partial charge < -0.3 is 15.0 Å². The predicted octanol–water partition coefficient (Wildman–Crippen LogP) is 4.84. The number of urea groups is 1. The van der Waals surface area contributed by atoms with Gasteiger partial charge in [-0.15, -0.1) is 0 Å². The van der Waals surface area contributed by atoms with Crippen LogP contribution >= 0.6 is 0 Å². The van der Waals surface area contributed by atoms with E-state index >= 15 is 0 Å². The van der Waals surface area contributed by atoms with Crippen LogP contribution < -0.4 is 5.32 Å². The molecule has 1 saturated carbocycles. The Bertz CT molecular complexity index is 764. The van der Waals surface area contributed by atoms with E-state index < -0.39 is 0 Å². The van der Waals surface area contributed by atoms with Crippen LogP contribution in [0.5, 0.6) is 0 Å². The van der Waals surface area contributed by atoms with Gasteiger partial charge in [0.25, 0.3) is 0 Å². The Balaban J connectivity index is 1.85. The molecule has 2 aromatic carbocycles. The van der Waals surface area contributed by atoms with Gasteiger partial charge in [-0.1, -0.05) is 61.4 Å². The minimum Gasteiger partial charge on any atom is -0.466 e. The number of ether oxygens (including phenoxy) is 1. The molecule has 3 rings (SSSR count). The van der Waals surface area contributed by atoms with Crippen LogP contribution in [0.2, 0.25) is 0 Å². The summed E-state index contributed by atoms with van der Waals surface area (Å²) in [6, 6.07) is 19.0. The van der Waals surface area contributed by atoms with Gasteiger partial charge in [0.15, 0.2) is 0 Å². The highest BCUT2D eigenvalue weighted by Gasteiger charge is 2.38. The number of carbonyl (C=O) groups excluding carboxylic acids is 2. The molecule has 28 heavy (non-hydrogen) atoms. The third-order valence-electron chi connectivity index (χ3n) is 5.20. The number of para-hydroxylation sites is 1. The van der Waals surface area contributed by atoms with Gasteiger partial charge in [-0.05, 0) is 37.5 Å². The van der Waals surface area contributed by atoms with Crippen molar-refractivity contribution >= 4 is 17.7 Å². The molecule has 148 valence electrons. The molecule has 0 spiro atoms. The lowest BCUT2D eigenvalue weighted by atomic mass is 9.83. The number of nitrogens with one attached hydrogen (secondary N) is 1. The first kappa shape index (κ1) is 19.9. The summed E-state index contributed by atoms with van der Waals surface area (Å²) in [6.45, 7) is 2.64. The van der Waals surface area contributed by atoms with E-state index in [0.717, 1.165) is 36.9 Å². The fourth-order valence-electron chi connectivity index (χ4n) is 3.85. The van der Waals surface area contributed by atoms with E-state index in [1.54, 1.807) is 0 Å². The summed E-state index contributed by atoms with van der Waals surface area (Å²) >= 11 is 0. The maximum Gasteiger partial charge on any atom is 0.322 e. The maximum absolute atomic E-state index is 13.2. The van der Waals surface area contributed by atoms with E-state index in [0.29, 0.717) is 13.2 Å². The summed E-state index contributed by atoms with van der Waals surface area (Å²) < 4.78 is 5.31. The summed E-state index contributed by atoms with van der Waals surface area (Å²) in [5, 5.41) is 2.99. The van der Waals surface area contributed by atoms with Gasteiger partial charge in [0, 0.05) is 18.3 Å². The molecule has 2 aromatic rings. The molecule has 1 aliphatic rings. The molecule has 2 atom stereocenters. The van der Waals surface area contributed by atoms with E-state index in [-0.39, 0.29) is 24.0 Å². The van der Waals surface area contributed by atoms with Crippen LogP contribution in [0.3, 0.4) is 0 Å². The third-order valence-corrected chi connectivity index (χ3v) is 5.20. The summed E-state index contributed by atoms with van der Waals surface area (Å²) in [5.74, 6) is -0.475. The molecular formula is C23H28N2O3. The number of rotatable bonds is 6. The van der Waals surface area contributed by atoms with Crippen molar-refractivity contribution in [1.29, 1.82) is 0 Å². The first-order chi connectivity index (χ1) is 13.7. The van der Waals surface area contributed by atoms with E-state index in [4.69, 9.17) is 4.74 Å². The molecule has 0 saturated heterocycles. The van der Waals surface area contributed by atoms with Crippen LogP contribution in [0.1, 0.15) is 38.2 Å². The molecule has 1 fully saturated rings. The van der Waals surface area contributed by atoms with Crippen molar-refractivity contribution in [2.24, 2.45) is 5.92 Å². The number of benzene rings is 2. The lowest BCUT2D eigenvalue weighted by Crippen LogP contribution is -2.49. The summed E-state index contributed by atoms with van der Waals surface area (Å²) in [5.41, 5.74) is 1.79. The number of hydrogen-bond acceptors (Lipinski definition) is 3. The highest BCUT2D eigenvalue weighted by Crippen LogP contribution is 2.31. The Labute approximate surface area is 166 Å². The molecule has 0 bridgehead atoms. The minimum atomic E-state index is -0.279. The molecule has 0 aliphatic heterocycles. The largest absolute Gasteiger partial charge is 0.466 e. The third kappa shape index (κ3) is 5.12. The van der Waals surface area contributed by atoms with E-state index in [1.807, 2.05) is 72.5 Å². The molecule has 0 unspecified atom stereocenters. The summed E-state index contributed by atoms with van der Waals surface area (Å²) in [6.07, 6.45) is 3.55. The lowest BCUT2D eigenvalue weighted by Gasteiger charge is -2.39. The lowest BCUT2D eigenvalue weighted by molar-refractivity contribution is -0.151. The van der Waals surface area contributed by atoms with Crippen LogP contribution in [-0.2, 0) is 16.1 Å². The summed E-state index contributed by atoms with van der Waals surface area (Å²) in [7, 11) is 0. The number of esters is 1. The predicted molar refractivity (Wildman–Crippen MR) is 110 cm³/mol. The highest BCUT2D eigenvalue weighted by molar-refractivity contribution is 5.90. The number of amides is 2. The maximum atomic E-state index is 13.2. The Morgan fingerprint density at radius 3 is 2.32 bits per heavy atom. The molecule has 0 aromatic heterocycles.